The van der Waals surface area contributed by atoms with Gasteiger partial charge in [-0.25, -0.2) is 0 Å². The SMILES string of the molecule is OC1(O)NC(O)(O)NC(O)(O)N1. The molecule has 0 aromatic carbocycles. The summed E-state index contributed by atoms with van der Waals surface area (Å²) in [6.45, 7) is 0. The molecule has 0 aliphatic carbocycles. The monoisotopic (exact) mass is 183 g/mol. The van der Waals surface area contributed by atoms with Gasteiger partial charge in [0.15, 0.2) is 0 Å². The second-order valence-electron chi connectivity index (χ2n) is 2.39. The van der Waals surface area contributed by atoms with Crippen molar-refractivity contribution in [2.75, 3.05) is 0 Å². The van der Waals surface area contributed by atoms with E-state index in [1.807, 2.05) is 0 Å². The molecule has 72 valence electrons. The normalized spacial score (nSPS) is 31.5. The van der Waals surface area contributed by atoms with Crippen LogP contribution in [0.4, 0.5) is 0 Å². The molecule has 9 N–H and O–H groups in total. The van der Waals surface area contributed by atoms with Crippen LogP contribution in [0.3, 0.4) is 0 Å². The molecular weight excluding hydrogens is 174 g/mol. The smallest absolute Gasteiger partial charge is 0.297 e. The minimum absolute atomic E-state index is 1.37. The molecule has 0 amide bonds. The van der Waals surface area contributed by atoms with E-state index in [0.717, 1.165) is 0 Å². The first-order valence-corrected chi connectivity index (χ1v) is 2.84. The molecule has 12 heavy (non-hydrogen) atoms. The van der Waals surface area contributed by atoms with E-state index >= 15 is 0 Å². The number of aliphatic hydroxyl groups is 6. The highest BCUT2D eigenvalue weighted by Crippen LogP contribution is 2.08. The van der Waals surface area contributed by atoms with Gasteiger partial charge in [0.05, 0.1) is 0 Å². The summed E-state index contributed by atoms with van der Waals surface area (Å²) in [5, 5.41) is 56.3. The van der Waals surface area contributed by atoms with Crippen molar-refractivity contribution in [3.63, 3.8) is 0 Å². The summed E-state index contributed by atoms with van der Waals surface area (Å²) in [6, 6.07) is -9.05. The van der Waals surface area contributed by atoms with Crippen molar-refractivity contribution in [3.05, 3.63) is 0 Å². The van der Waals surface area contributed by atoms with E-state index in [2.05, 4.69) is 0 Å². The van der Waals surface area contributed by atoms with Gasteiger partial charge in [-0.15, -0.1) is 0 Å². The van der Waals surface area contributed by atoms with Crippen molar-refractivity contribution < 1.29 is 30.6 Å². The third-order valence-electron chi connectivity index (χ3n) is 1.05. The van der Waals surface area contributed by atoms with Gasteiger partial charge in [0.25, 0.3) is 18.1 Å². The zero-order valence-electron chi connectivity index (χ0n) is 5.68. The Balaban J connectivity index is 2.81. The average Bonchev–Trinajstić information content (AvgIpc) is 1.44. The topological polar surface area (TPSA) is 157 Å². The van der Waals surface area contributed by atoms with Crippen LogP contribution in [0, 0.1) is 0 Å². The first kappa shape index (κ1) is 9.73. The fourth-order valence-corrected chi connectivity index (χ4v) is 0.823. The second-order valence-corrected chi connectivity index (χ2v) is 2.39. The van der Waals surface area contributed by atoms with Gasteiger partial charge in [0.2, 0.25) is 0 Å². The van der Waals surface area contributed by atoms with Gasteiger partial charge >= 0.3 is 0 Å². The van der Waals surface area contributed by atoms with Crippen LogP contribution in [0.5, 0.6) is 0 Å². The Bertz CT molecular complexity index is 145. The average molecular weight is 183 g/mol. The molecule has 0 spiro atoms. The van der Waals surface area contributed by atoms with Crippen molar-refractivity contribution in [2.24, 2.45) is 0 Å². The van der Waals surface area contributed by atoms with Crippen molar-refractivity contribution in [2.45, 2.75) is 18.1 Å². The Labute approximate surface area is 65.9 Å². The Morgan fingerprint density at radius 3 is 0.833 bits per heavy atom. The summed E-state index contributed by atoms with van der Waals surface area (Å²) in [5.74, 6) is 0. The third kappa shape index (κ3) is 2.31. The number of hydrogen-bond donors (Lipinski definition) is 9. The Kier molecular flexibility index (Phi) is 1.88. The van der Waals surface area contributed by atoms with Gasteiger partial charge in [0.1, 0.15) is 0 Å². The summed E-state index contributed by atoms with van der Waals surface area (Å²) < 4.78 is 0. The molecule has 1 fully saturated rings. The number of hydrogen-bond acceptors (Lipinski definition) is 9. The molecular formula is C3H9N3O6. The van der Waals surface area contributed by atoms with E-state index in [9.17, 15) is 0 Å². The minimum Gasteiger partial charge on any atom is -0.340 e. The van der Waals surface area contributed by atoms with E-state index in [4.69, 9.17) is 30.6 Å². The van der Waals surface area contributed by atoms with Crippen LogP contribution in [0.1, 0.15) is 0 Å². The molecule has 9 heteroatoms. The molecule has 1 aliphatic heterocycles. The van der Waals surface area contributed by atoms with Crippen LogP contribution < -0.4 is 16.0 Å². The standard InChI is InChI=1S/C3H9N3O6/c7-1(8)4-2(9,10)6-3(11,12)5-1/h4-12H. The van der Waals surface area contributed by atoms with Crippen LogP contribution >= 0.6 is 0 Å². The highest BCUT2D eigenvalue weighted by molar-refractivity contribution is 4.78. The zero-order chi connectivity index (χ0) is 9.62. The molecule has 1 saturated heterocycles. The summed E-state index contributed by atoms with van der Waals surface area (Å²) in [5.41, 5.74) is 0. The molecule has 1 aliphatic rings. The Morgan fingerprint density at radius 2 is 0.667 bits per heavy atom. The van der Waals surface area contributed by atoms with Gasteiger partial charge in [0, 0.05) is 0 Å². The van der Waals surface area contributed by atoms with Crippen molar-refractivity contribution in [3.8, 4) is 0 Å². The lowest BCUT2D eigenvalue weighted by Gasteiger charge is -2.43. The van der Waals surface area contributed by atoms with E-state index in [1.54, 1.807) is 0 Å². The molecule has 0 bridgehead atoms. The third-order valence-corrected chi connectivity index (χ3v) is 1.05. The molecule has 9 nitrogen and oxygen atoms in total. The van der Waals surface area contributed by atoms with Crippen LogP contribution in [-0.2, 0) is 0 Å². The maximum Gasteiger partial charge on any atom is 0.297 e. The van der Waals surface area contributed by atoms with Crippen LogP contribution in [0.15, 0.2) is 0 Å². The van der Waals surface area contributed by atoms with Crippen molar-refractivity contribution in [1.29, 1.82) is 0 Å². The maximum absolute atomic E-state index is 8.70. The molecule has 1 heterocycles. The lowest BCUT2D eigenvalue weighted by Crippen LogP contribution is -2.85. The molecule has 0 atom stereocenters. The van der Waals surface area contributed by atoms with Crippen molar-refractivity contribution in [1.82, 2.24) is 16.0 Å². The van der Waals surface area contributed by atoms with Crippen LogP contribution in [0.25, 0.3) is 0 Å². The first-order chi connectivity index (χ1) is 5.12. The Morgan fingerprint density at radius 1 is 0.500 bits per heavy atom. The van der Waals surface area contributed by atoms with Crippen LogP contribution in [0.2, 0.25) is 0 Å². The predicted octanol–water partition coefficient (Wildman–Crippen LogP) is -5.44. The summed E-state index contributed by atoms with van der Waals surface area (Å²) >= 11 is 0. The van der Waals surface area contributed by atoms with Crippen LogP contribution in [-0.4, -0.2) is 48.7 Å². The van der Waals surface area contributed by atoms with E-state index in [1.165, 1.54) is 16.0 Å². The van der Waals surface area contributed by atoms with Gasteiger partial charge in [-0.1, -0.05) is 0 Å². The van der Waals surface area contributed by atoms with E-state index in [0.29, 0.717) is 0 Å². The molecule has 0 aromatic rings. The zero-order valence-corrected chi connectivity index (χ0v) is 5.68. The second kappa shape index (κ2) is 2.32. The van der Waals surface area contributed by atoms with Gasteiger partial charge in [-0.3, -0.25) is 0 Å². The number of nitrogens with one attached hydrogen (secondary N) is 3. The maximum atomic E-state index is 8.70. The molecule has 0 unspecified atom stereocenters. The van der Waals surface area contributed by atoms with Gasteiger partial charge in [-0.2, -0.15) is 16.0 Å². The fraction of sp³-hybridized carbons (Fsp3) is 1.00. The number of rotatable bonds is 0. The molecule has 0 saturated carbocycles. The Hall–Kier alpha value is -0.360. The largest absolute Gasteiger partial charge is 0.340 e. The summed E-state index contributed by atoms with van der Waals surface area (Å²) in [4.78, 5) is 0. The fourth-order valence-electron chi connectivity index (χ4n) is 0.823. The quantitative estimate of drug-likeness (QED) is 0.167. The first-order valence-electron chi connectivity index (χ1n) is 2.84. The highest BCUT2D eigenvalue weighted by atomic mass is 16.7. The predicted molar refractivity (Wildman–Crippen MR) is 30.9 cm³/mol. The van der Waals surface area contributed by atoms with Crippen molar-refractivity contribution >= 4 is 0 Å². The lowest BCUT2D eigenvalue weighted by molar-refractivity contribution is -0.417. The highest BCUT2D eigenvalue weighted by Gasteiger charge is 2.50. The lowest BCUT2D eigenvalue weighted by atomic mass is 10.5. The molecule has 0 radical (unpaired) electrons. The summed E-state index contributed by atoms with van der Waals surface area (Å²) in [6.07, 6.45) is 0. The van der Waals surface area contributed by atoms with E-state index in [-0.39, 0.29) is 0 Å². The molecule has 0 aromatic heterocycles. The summed E-state index contributed by atoms with van der Waals surface area (Å²) in [7, 11) is 0. The van der Waals surface area contributed by atoms with Gasteiger partial charge in [-0.05, 0) is 0 Å². The van der Waals surface area contributed by atoms with E-state index < -0.39 is 18.1 Å². The minimum atomic E-state index is -3.02. The van der Waals surface area contributed by atoms with Gasteiger partial charge < -0.3 is 30.6 Å². The molecule has 1 rings (SSSR count).